The molecule has 3 N–H and O–H groups in total. The summed E-state index contributed by atoms with van der Waals surface area (Å²) in [6, 6.07) is 26.1. The summed E-state index contributed by atoms with van der Waals surface area (Å²) in [6.07, 6.45) is 6.16. The van der Waals surface area contributed by atoms with E-state index in [1.165, 1.54) is 0 Å². The summed E-state index contributed by atoms with van der Waals surface area (Å²) in [5, 5.41) is 15.9. The Morgan fingerprint density at radius 1 is 0.830 bits per heavy atom. The van der Waals surface area contributed by atoms with Gasteiger partial charge in [0.15, 0.2) is 0 Å². The lowest BCUT2D eigenvalue weighted by molar-refractivity contribution is -0.150. The minimum absolute atomic E-state index is 0.0518. The van der Waals surface area contributed by atoms with Crippen molar-refractivity contribution in [2.75, 3.05) is 19.8 Å². The van der Waals surface area contributed by atoms with Gasteiger partial charge in [0, 0.05) is 19.5 Å². The highest BCUT2D eigenvalue weighted by molar-refractivity contribution is 5.86. The summed E-state index contributed by atoms with van der Waals surface area (Å²) in [5.41, 5.74) is 4.03. The molecule has 10 nitrogen and oxygen atoms in total. The van der Waals surface area contributed by atoms with Gasteiger partial charge in [-0.05, 0) is 67.2 Å². The lowest BCUT2D eigenvalue weighted by atomic mass is 9.92. The zero-order valence-electron chi connectivity index (χ0n) is 30.5. The number of aliphatic hydroxyl groups excluding tert-OH is 1. The SMILES string of the molecule is C=CC[C@@H](CC(=O)N1Cc2ccccc2C[C@H]1CO)C(=O)N[C@@H](CCCCNC(=O)OCc1ccccc1)COC(=O)[C@@H](CC=C)Cc1ccccc1. The van der Waals surface area contributed by atoms with Crippen molar-refractivity contribution in [1.29, 1.82) is 0 Å². The van der Waals surface area contributed by atoms with Crippen molar-refractivity contribution >= 4 is 23.9 Å². The molecule has 282 valence electrons. The maximum absolute atomic E-state index is 13.8. The van der Waals surface area contributed by atoms with Crippen LogP contribution >= 0.6 is 0 Å². The molecule has 0 saturated heterocycles. The summed E-state index contributed by atoms with van der Waals surface area (Å²) in [7, 11) is 0. The molecule has 0 spiro atoms. The molecule has 1 aliphatic heterocycles. The van der Waals surface area contributed by atoms with E-state index < -0.39 is 24.0 Å². The first-order valence-electron chi connectivity index (χ1n) is 18.5. The van der Waals surface area contributed by atoms with E-state index in [4.69, 9.17) is 9.47 Å². The highest BCUT2D eigenvalue weighted by Crippen LogP contribution is 2.25. The van der Waals surface area contributed by atoms with Crippen molar-refractivity contribution in [1.82, 2.24) is 15.5 Å². The van der Waals surface area contributed by atoms with Crippen molar-refractivity contribution in [3.63, 3.8) is 0 Å². The van der Waals surface area contributed by atoms with E-state index in [0.29, 0.717) is 51.6 Å². The number of carbonyl (C=O) groups excluding carboxylic acids is 4. The average Bonchev–Trinajstić information content (AvgIpc) is 3.18. The summed E-state index contributed by atoms with van der Waals surface area (Å²) in [5.74, 6) is -2.08. The molecule has 0 saturated carbocycles. The minimum Gasteiger partial charge on any atom is -0.463 e. The third-order valence-corrected chi connectivity index (χ3v) is 9.47. The van der Waals surface area contributed by atoms with Crippen LogP contribution in [0.3, 0.4) is 0 Å². The van der Waals surface area contributed by atoms with Gasteiger partial charge < -0.3 is 30.1 Å². The van der Waals surface area contributed by atoms with E-state index in [0.717, 1.165) is 22.3 Å². The van der Waals surface area contributed by atoms with Gasteiger partial charge in [-0.25, -0.2) is 4.79 Å². The number of esters is 1. The van der Waals surface area contributed by atoms with Crippen LogP contribution in [0.4, 0.5) is 4.79 Å². The van der Waals surface area contributed by atoms with E-state index in [1.54, 1.807) is 17.1 Å². The zero-order valence-corrected chi connectivity index (χ0v) is 30.5. The number of hydrogen-bond acceptors (Lipinski definition) is 7. The highest BCUT2D eigenvalue weighted by atomic mass is 16.5. The summed E-state index contributed by atoms with van der Waals surface area (Å²) in [6.45, 7) is 8.31. The number of fused-ring (bicyclic) bond motifs is 1. The van der Waals surface area contributed by atoms with Crippen LogP contribution in [0.25, 0.3) is 0 Å². The predicted molar refractivity (Wildman–Crippen MR) is 204 cm³/mol. The molecule has 0 fully saturated rings. The predicted octanol–water partition coefficient (Wildman–Crippen LogP) is 6.07. The Hall–Kier alpha value is -5.22. The maximum Gasteiger partial charge on any atom is 0.407 e. The summed E-state index contributed by atoms with van der Waals surface area (Å²) in [4.78, 5) is 54.6. The third kappa shape index (κ3) is 13.4. The van der Waals surface area contributed by atoms with Crippen LogP contribution in [0.15, 0.2) is 110 Å². The van der Waals surface area contributed by atoms with E-state index in [-0.39, 0.29) is 56.5 Å². The van der Waals surface area contributed by atoms with Crippen molar-refractivity contribution in [2.24, 2.45) is 11.8 Å². The molecule has 0 bridgehead atoms. The average molecular weight is 724 g/mol. The second-order valence-electron chi connectivity index (χ2n) is 13.5. The van der Waals surface area contributed by atoms with E-state index >= 15 is 0 Å². The zero-order chi connectivity index (χ0) is 37.8. The number of ether oxygens (including phenoxy) is 2. The lowest BCUT2D eigenvalue weighted by Crippen LogP contribution is -2.48. The molecule has 0 aromatic heterocycles. The van der Waals surface area contributed by atoms with E-state index in [1.807, 2.05) is 84.9 Å². The molecular formula is C43H53N3O7. The van der Waals surface area contributed by atoms with Crippen LogP contribution in [-0.2, 0) is 49.9 Å². The van der Waals surface area contributed by atoms with Crippen molar-refractivity contribution in [3.8, 4) is 0 Å². The first-order valence-corrected chi connectivity index (χ1v) is 18.5. The summed E-state index contributed by atoms with van der Waals surface area (Å²) >= 11 is 0. The Balaban J connectivity index is 1.36. The van der Waals surface area contributed by atoms with Crippen LogP contribution in [0.1, 0.15) is 60.8 Å². The molecule has 4 rings (SSSR count). The van der Waals surface area contributed by atoms with Gasteiger partial charge >= 0.3 is 12.1 Å². The van der Waals surface area contributed by atoms with Gasteiger partial charge in [0.25, 0.3) is 0 Å². The number of alkyl carbamates (subject to hydrolysis) is 1. The van der Waals surface area contributed by atoms with Gasteiger partial charge in [-0.2, -0.15) is 0 Å². The van der Waals surface area contributed by atoms with E-state index in [9.17, 15) is 24.3 Å². The molecule has 0 radical (unpaired) electrons. The smallest absolute Gasteiger partial charge is 0.407 e. The Labute approximate surface area is 313 Å². The quantitative estimate of drug-likeness (QED) is 0.0690. The fraction of sp³-hybridized carbons (Fsp3) is 0.395. The van der Waals surface area contributed by atoms with Gasteiger partial charge in [-0.3, -0.25) is 14.4 Å². The highest BCUT2D eigenvalue weighted by Gasteiger charge is 2.32. The van der Waals surface area contributed by atoms with Gasteiger partial charge in [-0.15, -0.1) is 13.2 Å². The first-order chi connectivity index (χ1) is 25.8. The second-order valence-corrected chi connectivity index (χ2v) is 13.5. The largest absolute Gasteiger partial charge is 0.463 e. The molecule has 0 aliphatic carbocycles. The molecule has 3 aromatic carbocycles. The number of aliphatic hydroxyl groups is 1. The van der Waals surface area contributed by atoms with Gasteiger partial charge in [-0.1, -0.05) is 97.1 Å². The lowest BCUT2D eigenvalue weighted by Gasteiger charge is -2.36. The number of unbranched alkanes of at least 4 members (excludes halogenated alkanes) is 1. The van der Waals surface area contributed by atoms with Crippen LogP contribution in [0.5, 0.6) is 0 Å². The first kappa shape index (κ1) is 40.5. The fourth-order valence-corrected chi connectivity index (χ4v) is 6.51. The molecule has 3 aromatic rings. The topological polar surface area (TPSA) is 134 Å². The number of rotatable bonds is 21. The Morgan fingerprint density at radius 2 is 1.47 bits per heavy atom. The monoisotopic (exact) mass is 723 g/mol. The number of nitrogens with one attached hydrogen (secondary N) is 2. The van der Waals surface area contributed by atoms with Gasteiger partial charge in [0.1, 0.15) is 13.2 Å². The number of hydrogen-bond donors (Lipinski definition) is 3. The molecule has 0 unspecified atom stereocenters. The summed E-state index contributed by atoms with van der Waals surface area (Å²) < 4.78 is 11.1. The number of benzene rings is 3. The molecule has 1 heterocycles. The molecule has 53 heavy (non-hydrogen) atoms. The van der Waals surface area contributed by atoms with Crippen LogP contribution in [0, 0.1) is 11.8 Å². The molecule has 4 atom stereocenters. The Bertz CT molecular complexity index is 1630. The Morgan fingerprint density at radius 3 is 2.15 bits per heavy atom. The van der Waals surface area contributed by atoms with Crippen molar-refractivity contribution < 1.29 is 33.8 Å². The molecule has 10 heteroatoms. The van der Waals surface area contributed by atoms with E-state index in [2.05, 4.69) is 23.8 Å². The number of carbonyl (C=O) groups is 4. The molecule has 1 aliphatic rings. The van der Waals surface area contributed by atoms with Gasteiger partial charge in [0.2, 0.25) is 11.8 Å². The normalized spacial score (nSPS) is 15.2. The molecule has 3 amide bonds. The Kier molecular flexibility index (Phi) is 16.8. The second kappa shape index (κ2) is 22.0. The van der Waals surface area contributed by atoms with Crippen LogP contribution in [0.2, 0.25) is 0 Å². The standard InChI is InChI=1S/C43H53N3O7/c1-3-15-35(27-40(48)46-28-37-22-12-11-21-34(37)26-39(46)29-47)41(49)45-38(23-13-14-24-44-43(51)53-30-33-19-9-6-10-20-33)31-52-42(50)36(16-4-2)25-32-17-7-5-8-18-32/h3-12,17-22,35-36,38-39,47H,1-2,13-16,23-31H2,(H,44,51)(H,45,49)/t35-,36-,38-,39-/m0/s1. The minimum atomic E-state index is -0.706. The number of allylic oxidation sites excluding steroid dienone is 2. The fourth-order valence-electron chi connectivity index (χ4n) is 6.51. The molecular weight excluding hydrogens is 670 g/mol. The number of nitrogens with zero attached hydrogens (tertiary/aromatic N) is 1. The van der Waals surface area contributed by atoms with Crippen LogP contribution in [-0.4, -0.2) is 65.7 Å². The number of amides is 3. The third-order valence-electron chi connectivity index (χ3n) is 9.47. The maximum atomic E-state index is 13.8. The van der Waals surface area contributed by atoms with Gasteiger partial charge in [0.05, 0.1) is 30.5 Å². The van der Waals surface area contributed by atoms with Crippen molar-refractivity contribution in [2.45, 2.75) is 76.6 Å². The van der Waals surface area contributed by atoms with Crippen LogP contribution < -0.4 is 10.6 Å². The van der Waals surface area contributed by atoms with Crippen molar-refractivity contribution in [3.05, 3.63) is 132 Å².